The Kier molecular flexibility index (Phi) is 29.6. The predicted octanol–water partition coefficient (Wildman–Crippen LogP) is 11.4. The van der Waals surface area contributed by atoms with Crippen molar-refractivity contribution in [2.75, 3.05) is 40.5 Å². The average molecular weight is 1550 g/mol. The van der Waals surface area contributed by atoms with Crippen LogP contribution in [0.4, 0.5) is 0 Å². The summed E-state index contributed by atoms with van der Waals surface area (Å²) >= 11 is 0. The Labute approximate surface area is 678 Å². The summed E-state index contributed by atoms with van der Waals surface area (Å²) in [6.07, 6.45) is 1.84. The van der Waals surface area contributed by atoms with Gasteiger partial charge >= 0.3 is 48.7 Å². The van der Waals surface area contributed by atoms with Crippen LogP contribution in [0.15, 0.2) is 177 Å². The summed E-state index contributed by atoms with van der Waals surface area (Å²) in [6.45, 7) is 25.9. The number of allylic oxidation sites excluding steroid dienone is 6. The van der Waals surface area contributed by atoms with Crippen LogP contribution in [0.5, 0.6) is 17.2 Å². The molecule has 0 saturated heterocycles. The molecule has 6 aliphatic rings. The number of nitrogens with one attached hydrogen (secondary N) is 3. The van der Waals surface area contributed by atoms with E-state index in [2.05, 4.69) is 93.9 Å². The number of phenolic OH excluding ortho intramolecular Hbond substituents is 3. The molecule has 6 aromatic carbocycles. The topological polar surface area (TPSA) is 341 Å². The van der Waals surface area contributed by atoms with Gasteiger partial charge in [-0.1, -0.05) is 89.5 Å². The molecule has 0 spiro atoms. The molecule has 0 fully saturated rings. The number of benzene rings is 6. The van der Waals surface area contributed by atoms with E-state index in [0.29, 0.717) is 94.0 Å². The summed E-state index contributed by atoms with van der Waals surface area (Å²) < 4.78 is 21.3. The van der Waals surface area contributed by atoms with Crippen LogP contribution in [0.1, 0.15) is 204 Å². The van der Waals surface area contributed by atoms with Gasteiger partial charge in [0, 0.05) is 102 Å². The Morgan fingerprint density at radius 2 is 0.675 bits per heavy atom. The molecule has 3 aliphatic heterocycles. The van der Waals surface area contributed by atoms with Gasteiger partial charge in [-0.2, -0.15) is 0 Å². The van der Waals surface area contributed by atoms with E-state index in [9.17, 15) is 63.6 Å². The van der Waals surface area contributed by atoms with Crippen LogP contribution in [0.2, 0.25) is 0 Å². The van der Waals surface area contributed by atoms with Gasteiger partial charge in [0.1, 0.15) is 17.2 Å². The zero-order valence-electron chi connectivity index (χ0n) is 68.0. The molecule has 6 aromatic rings. The molecule has 3 heterocycles. The van der Waals surface area contributed by atoms with Crippen LogP contribution >= 0.6 is 0 Å². The number of aliphatic carboxylic acids is 1. The van der Waals surface area contributed by atoms with Crippen LogP contribution in [0, 0.1) is 62.3 Å². The number of ether oxygens (including phenoxy) is 4. The number of ketones is 3. The molecule has 0 saturated carbocycles. The molecule has 114 heavy (non-hydrogen) atoms. The molecule has 22 nitrogen and oxygen atoms in total. The second-order valence-corrected chi connectivity index (χ2v) is 30.0. The fourth-order valence-corrected chi connectivity index (χ4v) is 17.7. The molecule has 12 rings (SSSR count). The molecule has 23 heteroatoms. The third-order valence-electron chi connectivity index (χ3n) is 21.5. The molecule has 8 N–H and O–H groups in total. The standard InChI is InChI=1S/C31H36N2O5.C31H35NO6.C29H31NO6.Li.H2O/c1-7-38-31(37)30-24(16-26(36)33(5)6)32-23-14-21(27-18(3)11-17(2)12-19(27)4)15-25(35)29(23)28(30)20-9-8-10-22(34)13-20;1-6-37-26(35)16-24-30(31(36)38-7-2)28(20-9-8-10-22(33)13-20)29-23(32-24)14-21(15-25(29)34)27-18(4)11-17(3)12-19(27)5;1-5-36-29(35)28-22(14-24(33)34)30-21-12-19(25-16(3)9-15(2)10-17(25)4)13-23(32)27(21)26(28)18-7-6-8-20(31)11-18;;/h8-13,21,28,32,34H,7,14-16H2,1-6H3;8-13,21,28,32-33H,6-7,14-16H2,1-5H3;6-11,19,26,30-31H,5,12-14H2,1-4H3,(H,33,34);;1H2/q;;;+1;/p-1. The molecule has 6 unspecified atom stereocenters. The summed E-state index contributed by atoms with van der Waals surface area (Å²) in [5.74, 6) is -6.40. The number of rotatable bonds is 19. The maximum atomic E-state index is 13.9. The van der Waals surface area contributed by atoms with E-state index in [1.165, 1.54) is 34.2 Å². The number of aromatic hydroxyl groups is 3. The number of nitrogens with zero attached hydrogens (tertiary/aromatic N) is 1. The van der Waals surface area contributed by atoms with E-state index in [4.69, 9.17) is 18.9 Å². The Morgan fingerprint density at radius 3 is 0.930 bits per heavy atom. The fraction of sp³-hybridized carbons (Fsp3) is 0.374. The maximum Gasteiger partial charge on any atom is 1.00 e. The molecule has 0 radical (unpaired) electrons. The fourth-order valence-electron chi connectivity index (χ4n) is 17.7. The number of carboxylic acids is 1. The zero-order chi connectivity index (χ0) is 81.4. The number of dihydropyridines is 3. The van der Waals surface area contributed by atoms with Gasteiger partial charge in [-0.05, 0) is 230 Å². The second-order valence-electron chi connectivity index (χ2n) is 30.0. The van der Waals surface area contributed by atoms with Crippen LogP contribution in [-0.4, -0.2) is 124 Å². The second kappa shape index (κ2) is 38.2. The monoisotopic (exact) mass is 1550 g/mol. The van der Waals surface area contributed by atoms with Gasteiger partial charge in [0.2, 0.25) is 5.91 Å². The number of carboxylic acid groups (broad SMARTS) is 1. The summed E-state index contributed by atoms with van der Waals surface area (Å²) in [6, 6.07) is 32.3. The average Bonchev–Trinajstić information content (AvgIpc) is 0.750. The predicted molar refractivity (Wildman–Crippen MR) is 426 cm³/mol. The van der Waals surface area contributed by atoms with E-state index in [-0.39, 0.29) is 151 Å². The first-order valence-electron chi connectivity index (χ1n) is 38.2. The van der Waals surface area contributed by atoms with Crippen molar-refractivity contribution in [3.63, 3.8) is 0 Å². The van der Waals surface area contributed by atoms with Crippen LogP contribution < -0.4 is 34.8 Å². The minimum absolute atomic E-state index is 0. The smallest absolute Gasteiger partial charge is 0.870 e. The number of hydrogen-bond donors (Lipinski definition) is 7. The number of carbonyl (C=O) groups is 9. The molecule has 0 bridgehead atoms. The Balaban J connectivity index is 0.000000212. The third-order valence-corrected chi connectivity index (χ3v) is 21.5. The van der Waals surface area contributed by atoms with Crippen molar-refractivity contribution in [1.82, 2.24) is 20.9 Å². The van der Waals surface area contributed by atoms with Gasteiger partial charge in [0.15, 0.2) is 17.3 Å². The maximum absolute atomic E-state index is 13.9. The summed E-state index contributed by atoms with van der Waals surface area (Å²) in [7, 11) is 3.33. The summed E-state index contributed by atoms with van der Waals surface area (Å²) in [5, 5.41) is 50.2. The number of hydrogen-bond acceptors (Lipinski definition) is 20. The van der Waals surface area contributed by atoms with Crippen LogP contribution in [0.25, 0.3) is 0 Å². The van der Waals surface area contributed by atoms with Gasteiger partial charge in [0.25, 0.3) is 0 Å². The largest absolute Gasteiger partial charge is 1.00 e. The SMILES string of the molecule is CCOC(=O)C1=C(CC(=O)N(C)C)NC2=C(C(=O)CC(c3c(C)cc(C)cc3C)C2)C1c1cccc(O)c1.CCOC(=O)C1=C(CC(=O)O)NC2=C(C(=O)CC(c3c(C)cc(C)cc3C)C2)C1c1cccc(O)c1.CCOC(=O)CC1=C(C(=O)OCC)C(c2cccc(O)c2)C2=C(CC(c3c(C)cc(C)cc3C)CC2=O)N1.[Li+].[OH-]. The first kappa shape index (κ1) is 88.5. The third kappa shape index (κ3) is 19.6. The van der Waals surface area contributed by atoms with E-state index >= 15 is 0 Å². The number of amides is 1. The van der Waals surface area contributed by atoms with Crippen molar-refractivity contribution in [3.8, 4) is 17.2 Å². The van der Waals surface area contributed by atoms with Crippen molar-refractivity contribution in [3.05, 3.63) is 260 Å². The first-order valence-corrected chi connectivity index (χ1v) is 38.2. The minimum Gasteiger partial charge on any atom is -0.870 e. The van der Waals surface area contributed by atoms with Crippen molar-refractivity contribution in [2.45, 2.75) is 183 Å². The minimum atomic E-state index is -1.11. The van der Waals surface area contributed by atoms with Crippen LogP contribution in [0.3, 0.4) is 0 Å². The number of carbonyl (C=O) groups excluding carboxylic acids is 8. The quantitative estimate of drug-likeness (QED) is 0.0225. The van der Waals surface area contributed by atoms with Gasteiger partial charge in [0.05, 0.1) is 62.4 Å². The Morgan fingerprint density at radius 1 is 0.404 bits per heavy atom. The van der Waals surface area contributed by atoms with Crippen molar-refractivity contribution in [1.29, 1.82) is 0 Å². The zero-order valence-corrected chi connectivity index (χ0v) is 68.0. The normalized spacial score (nSPS) is 19.0. The summed E-state index contributed by atoms with van der Waals surface area (Å²) in [4.78, 5) is 120. The molecule has 3 aliphatic carbocycles. The molecule has 1 amide bonds. The van der Waals surface area contributed by atoms with Crippen molar-refractivity contribution < 1.29 is 107 Å². The molecule has 596 valence electrons. The van der Waals surface area contributed by atoms with Gasteiger partial charge in [-0.3, -0.25) is 28.8 Å². The first-order chi connectivity index (χ1) is 53.2. The van der Waals surface area contributed by atoms with E-state index in [1.54, 1.807) is 96.4 Å². The van der Waals surface area contributed by atoms with Crippen LogP contribution in [-0.2, 0) is 62.1 Å². The number of aryl methyl sites for hydroxylation is 9. The van der Waals surface area contributed by atoms with Crippen molar-refractivity contribution >= 4 is 53.1 Å². The molecular formula is C91H103LiN4O18. The van der Waals surface area contributed by atoms with E-state index in [1.807, 2.05) is 20.8 Å². The van der Waals surface area contributed by atoms with Gasteiger partial charge < -0.3 is 65.7 Å². The number of esters is 4. The Hall–Kier alpha value is -11.1. The van der Waals surface area contributed by atoms with E-state index in [0.717, 1.165) is 55.6 Å². The molecule has 0 aromatic heterocycles. The van der Waals surface area contributed by atoms with Gasteiger partial charge in [-0.15, -0.1) is 0 Å². The van der Waals surface area contributed by atoms with Crippen molar-refractivity contribution in [2.24, 2.45) is 0 Å². The van der Waals surface area contributed by atoms with Gasteiger partial charge in [-0.25, -0.2) is 14.4 Å². The molecule has 6 atom stereocenters. The van der Waals surface area contributed by atoms with E-state index < -0.39 is 54.0 Å². The summed E-state index contributed by atoms with van der Waals surface area (Å²) in [5.41, 5.74) is 20.4. The number of phenols is 3. The molecular weight excluding hydrogens is 1440 g/mol. The Bertz CT molecular complexity index is 4960. The number of Topliss-reactive ketones (excluding diaryl/α,β-unsaturated/α-hetero) is 3.